The van der Waals surface area contributed by atoms with E-state index in [0.29, 0.717) is 29.7 Å². The van der Waals surface area contributed by atoms with Crippen molar-refractivity contribution in [3.63, 3.8) is 0 Å². The summed E-state index contributed by atoms with van der Waals surface area (Å²) in [6.45, 7) is 10.3. The molecule has 5 heteroatoms. The Balaban J connectivity index is 2.15. The van der Waals surface area contributed by atoms with Crippen LogP contribution in [0.2, 0.25) is 0 Å². The second-order valence-corrected chi connectivity index (χ2v) is 7.45. The van der Waals surface area contributed by atoms with E-state index in [1.807, 2.05) is 48.5 Å². The molecule has 0 radical (unpaired) electrons. The van der Waals surface area contributed by atoms with Gasteiger partial charge in [0, 0.05) is 18.0 Å². The molecule has 5 nitrogen and oxygen atoms in total. The predicted molar refractivity (Wildman–Crippen MR) is 122 cm³/mol. The molecule has 0 amide bonds. The number of allylic oxidation sites excluding steroid dienone is 1. The van der Waals surface area contributed by atoms with E-state index < -0.39 is 0 Å². The minimum Gasteiger partial charge on any atom is -0.512 e. The van der Waals surface area contributed by atoms with Gasteiger partial charge in [0.25, 0.3) is 0 Å². The summed E-state index contributed by atoms with van der Waals surface area (Å²) < 4.78 is 0. The van der Waals surface area contributed by atoms with Crippen LogP contribution in [0.15, 0.2) is 60.9 Å². The number of nitrogens with zero attached hydrogens (tertiary/aromatic N) is 2. The topological polar surface area (TPSA) is 84.1 Å². The lowest BCUT2D eigenvalue weighted by Crippen LogP contribution is -2.34. The van der Waals surface area contributed by atoms with Gasteiger partial charge in [-0.1, -0.05) is 62.9 Å². The minimum absolute atomic E-state index is 0.00302. The van der Waals surface area contributed by atoms with Crippen LogP contribution in [-0.4, -0.2) is 27.7 Å². The van der Waals surface area contributed by atoms with Crippen molar-refractivity contribution in [2.45, 2.75) is 26.8 Å². The Hall–Kier alpha value is -3.18. The summed E-state index contributed by atoms with van der Waals surface area (Å²) in [5.41, 5.74) is 9.34. The van der Waals surface area contributed by atoms with Crippen LogP contribution in [0.3, 0.4) is 0 Å². The number of aromatic nitrogens is 2. The molecule has 0 spiro atoms. The number of anilines is 1. The summed E-state index contributed by atoms with van der Waals surface area (Å²) in [7, 11) is 0. The highest BCUT2D eigenvalue weighted by Crippen LogP contribution is 2.30. The average Bonchev–Trinajstić information content (AvgIpc) is 2.71. The van der Waals surface area contributed by atoms with Crippen molar-refractivity contribution in [3.8, 4) is 0 Å². The first-order chi connectivity index (χ1) is 13.9. The van der Waals surface area contributed by atoms with Crippen molar-refractivity contribution in [1.82, 2.24) is 9.97 Å². The summed E-state index contributed by atoms with van der Waals surface area (Å²) in [5, 5.41) is 14.8. The van der Waals surface area contributed by atoms with Crippen LogP contribution in [0.25, 0.3) is 22.6 Å². The van der Waals surface area contributed by atoms with Gasteiger partial charge >= 0.3 is 0 Å². The second-order valence-electron chi connectivity index (χ2n) is 7.45. The summed E-state index contributed by atoms with van der Waals surface area (Å²) in [6, 6.07) is 15.6. The van der Waals surface area contributed by atoms with E-state index in [1.54, 1.807) is 13.0 Å². The summed E-state index contributed by atoms with van der Waals surface area (Å²) in [6.07, 6.45) is 1.76. The molecule has 1 aromatic heterocycles. The van der Waals surface area contributed by atoms with E-state index in [0.717, 1.165) is 22.0 Å². The molecule has 2 aromatic carbocycles. The fourth-order valence-electron chi connectivity index (χ4n) is 3.15. The summed E-state index contributed by atoms with van der Waals surface area (Å²) in [4.78, 5) is 9.51. The summed E-state index contributed by atoms with van der Waals surface area (Å²) in [5.74, 6) is 1.67. The number of nitrogens with one attached hydrogen (secondary N) is 1. The first kappa shape index (κ1) is 20.6. The molecular formula is C24H28N4O. The number of nitrogens with two attached hydrogens (primary N) is 1. The van der Waals surface area contributed by atoms with Crippen LogP contribution in [0, 0.1) is 5.92 Å². The van der Waals surface area contributed by atoms with Crippen LogP contribution < -0.4 is 11.1 Å². The SMILES string of the molecule is C=Cc1ccccc1/C(=C(\C)O)c1nc(NC[C@H](N)C(C)C)c2ccccc2n1. The largest absolute Gasteiger partial charge is 0.512 e. The van der Waals surface area contributed by atoms with Crippen molar-refractivity contribution in [2.75, 3.05) is 11.9 Å². The number of rotatable bonds is 7. The Morgan fingerprint density at radius 3 is 2.52 bits per heavy atom. The third-order valence-electron chi connectivity index (χ3n) is 5.00. The number of benzene rings is 2. The monoisotopic (exact) mass is 388 g/mol. The Kier molecular flexibility index (Phi) is 6.29. The van der Waals surface area contributed by atoms with Gasteiger partial charge in [0.2, 0.25) is 0 Å². The molecular weight excluding hydrogens is 360 g/mol. The van der Waals surface area contributed by atoms with Gasteiger partial charge in [0.15, 0.2) is 5.82 Å². The van der Waals surface area contributed by atoms with Crippen LogP contribution in [-0.2, 0) is 0 Å². The average molecular weight is 389 g/mol. The number of hydrogen-bond donors (Lipinski definition) is 3. The van der Waals surface area contributed by atoms with E-state index in [2.05, 4.69) is 25.7 Å². The van der Waals surface area contributed by atoms with Gasteiger partial charge in [-0.2, -0.15) is 0 Å². The summed E-state index contributed by atoms with van der Waals surface area (Å²) >= 11 is 0. The minimum atomic E-state index is 0.00302. The third-order valence-corrected chi connectivity index (χ3v) is 5.00. The maximum absolute atomic E-state index is 10.5. The second kappa shape index (κ2) is 8.88. The van der Waals surface area contributed by atoms with Crippen molar-refractivity contribution >= 4 is 28.4 Å². The van der Waals surface area contributed by atoms with Gasteiger partial charge in [-0.05, 0) is 36.1 Å². The van der Waals surface area contributed by atoms with Gasteiger partial charge in [0.1, 0.15) is 11.6 Å². The highest BCUT2D eigenvalue weighted by Gasteiger charge is 2.18. The molecule has 4 N–H and O–H groups in total. The van der Waals surface area contributed by atoms with Crippen LogP contribution in [0.1, 0.15) is 37.7 Å². The number of fused-ring (bicyclic) bond motifs is 1. The van der Waals surface area contributed by atoms with Gasteiger partial charge in [-0.15, -0.1) is 0 Å². The fraction of sp³-hybridized carbons (Fsp3) is 0.250. The van der Waals surface area contributed by atoms with Crippen molar-refractivity contribution in [1.29, 1.82) is 0 Å². The van der Waals surface area contributed by atoms with Gasteiger partial charge in [0.05, 0.1) is 11.1 Å². The quantitative estimate of drug-likeness (QED) is 0.496. The molecule has 0 aliphatic carbocycles. The van der Waals surface area contributed by atoms with Crippen molar-refractivity contribution in [3.05, 3.63) is 77.8 Å². The number of aliphatic hydroxyl groups excluding tert-OH is 1. The van der Waals surface area contributed by atoms with E-state index in [4.69, 9.17) is 15.7 Å². The van der Waals surface area contributed by atoms with Crippen LogP contribution in [0.4, 0.5) is 5.82 Å². The Bertz CT molecular complexity index is 1050. The molecule has 3 rings (SSSR count). The molecule has 0 fully saturated rings. The standard InChI is InChI=1S/C24H28N4O/c1-5-17-10-6-7-11-18(17)22(16(4)29)24-27-21-13-9-8-12-19(21)23(28-24)26-14-20(25)15(2)3/h5-13,15,20,29H,1,14,25H2,2-4H3,(H,26,27,28)/b22-16-/t20-/m0/s1. The number of para-hydroxylation sites is 1. The lowest BCUT2D eigenvalue weighted by Gasteiger charge is -2.18. The van der Waals surface area contributed by atoms with Crippen LogP contribution in [0.5, 0.6) is 0 Å². The Morgan fingerprint density at radius 1 is 1.14 bits per heavy atom. The smallest absolute Gasteiger partial charge is 0.166 e. The van der Waals surface area contributed by atoms with Crippen molar-refractivity contribution < 1.29 is 5.11 Å². The van der Waals surface area contributed by atoms with Crippen molar-refractivity contribution in [2.24, 2.45) is 11.7 Å². The van der Waals surface area contributed by atoms with E-state index in [1.165, 1.54) is 0 Å². The number of aliphatic hydroxyl groups is 1. The highest BCUT2D eigenvalue weighted by atomic mass is 16.3. The molecule has 0 unspecified atom stereocenters. The first-order valence-electron chi connectivity index (χ1n) is 9.80. The Labute approximate surface area is 172 Å². The maximum atomic E-state index is 10.5. The molecule has 3 aromatic rings. The van der Waals surface area contributed by atoms with E-state index in [-0.39, 0.29) is 11.8 Å². The molecule has 29 heavy (non-hydrogen) atoms. The zero-order valence-electron chi connectivity index (χ0n) is 17.2. The zero-order chi connectivity index (χ0) is 21.0. The molecule has 150 valence electrons. The normalized spacial score (nSPS) is 13.3. The van der Waals surface area contributed by atoms with Gasteiger partial charge < -0.3 is 16.2 Å². The molecule has 0 bridgehead atoms. The number of hydrogen-bond acceptors (Lipinski definition) is 5. The predicted octanol–water partition coefficient (Wildman–Crippen LogP) is 5.01. The molecule has 1 heterocycles. The van der Waals surface area contributed by atoms with E-state index in [9.17, 15) is 5.11 Å². The fourth-order valence-corrected chi connectivity index (χ4v) is 3.15. The maximum Gasteiger partial charge on any atom is 0.166 e. The van der Waals surface area contributed by atoms with Crippen LogP contribution >= 0.6 is 0 Å². The molecule has 1 atom stereocenters. The first-order valence-corrected chi connectivity index (χ1v) is 9.80. The lowest BCUT2D eigenvalue weighted by molar-refractivity contribution is 0.417. The molecule has 0 aliphatic heterocycles. The Morgan fingerprint density at radius 2 is 1.83 bits per heavy atom. The van der Waals surface area contributed by atoms with E-state index >= 15 is 0 Å². The van der Waals surface area contributed by atoms with Gasteiger partial charge in [-0.25, -0.2) is 9.97 Å². The molecule has 0 saturated heterocycles. The molecule has 0 aliphatic rings. The molecule has 0 saturated carbocycles. The zero-order valence-corrected chi connectivity index (χ0v) is 17.2. The lowest BCUT2D eigenvalue weighted by atomic mass is 9.98. The van der Waals surface area contributed by atoms with Gasteiger partial charge in [-0.3, -0.25) is 0 Å². The highest BCUT2D eigenvalue weighted by molar-refractivity contribution is 5.92. The third kappa shape index (κ3) is 4.46.